The van der Waals surface area contributed by atoms with Gasteiger partial charge in [0.25, 0.3) is 0 Å². The van der Waals surface area contributed by atoms with Crippen LogP contribution < -0.4 is 10.6 Å². The van der Waals surface area contributed by atoms with Crippen LogP contribution in [0.5, 0.6) is 0 Å². The highest BCUT2D eigenvalue weighted by Gasteiger charge is 2.42. The highest BCUT2D eigenvalue weighted by Crippen LogP contribution is 2.38. The lowest BCUT2D eigenvalue weighted by Gasteiger charge is -2.31. The van der Waals surface area contributed by atoms with Crippen molar-refractivity contribution < 1.29 is 4.79 Å². The van der Waals surface area contributed by atoms with Crippen LogP contribution in [0.25, 0.3) is 0 Å². The van der Waals surface area contributed by atoms with Gasteiger partial charge in [0.1, 0.15) is 0 Å². The van der Waals surface area contributed by atoms with Gasteiger partial charge in [-0.25, -0.2) is 4.99 Å². The van der Waals surface area contributed by atoms with E-state index in [1.54, 1.807) is 4.90 Å². The van der Waals surface area contributed by atoms with Gasteiger partial charge in [0.05, 0.1) is 12.0 Å². The van der Waals surface area contributed by atoms with Crippen molar-refractivity contribution in [2.75, 3.05) is 40.3 Å². The van der Waals surface area contributed by atoms with Gasteiger partial charge >= 0.3 is 0 Å². The summed E-state index contributed by atoms with van der Waals surface area (Å²) in [5, 5.41) is 6.82. The van der Waals surface area contributed by atoms with Crippen molar-refractivity contribution in [3.05, 3.63) is 35.4 Å². The third-order valence-electron chi connectivity index (χ3n) is 6.17. The third kappa shape index (κ3) is 7.93. The molecule has 0 radical (unpaired) electrons. The number of guanidine groups is 1. The first-order valence-corrected chi connectivity index (χ1v) is 11.5. The molecule has 7 heteroatoms. The van der Waals surface area contributed by atoms with Crippen molar-refractivity contribution in [2.24, 2.45) is 10.4 Å². The van der Waals surface area contributed by atoms with E-state index in [9.17, 15) is 4.79 Å². The maximum atomic E-state index is 12.8. The summed E-state index contributed by atoms with van der Waals surface area (Å²) in [6.45, 7) is 11.6. The van der Waals surface area contributed by atoms with E-state index in [4.69, 9.17) is 4.99 Å². The van der Waals surface area contributed by atoms with Gasteiger partial charge in [-0.15, -0.1) is 24.0 Å². The normalized spacial score (nSPS) is 15.5. The minimum atomic E-state index is -0.305. The molecule has 2 rings (SSSR count). The van der Waals surface area contributed by atoms with Gasteiger partial charge < -0.3 is 15.5 Å². The number of amides is 1. The minimum Gasteiger partial charge on any atom is -0.357 e. The molecule has 0 spiro atoms. The minimum absolute atomic E-state index is 0. The van der Waals surface area contributed by atoms with Crippen molar-refractivity contribution in [1.82, 2.24) is 20.4 Å². The van der Waals surface area contributed by atoms with Crippen molar-refractivity contribution in [2.45, 2.75) is 59.5 Å². The SMILES string of the molecule is CCNC(=NCc1ccccc1CN(CC)CC)NCC1(C(=O)N(C)C)CCCC1.I. The van der Waals surface area contributed by atoms with Crippen LogP contribution in [-0.2, 0) is 17.9 Å². The average molecular weight is 544 g/mol. The Morgan fingerprint density at radius 3 is 2.19 bits per heavy atom. The number of rotatable bonds is 10. The molecule has 0 aliphatic heterocycles. The molecule has 0 atom stereocenters. The number of halogens is 1. The van der Waals surface area contributed by atoms with E-state index in [1.165, 1.54) is 11.1 Å². The number of nitrogens with zero attached hydrogens (tertiary/aromatic N) is 3. The Hall–Kier alpha value is -1.35. The molecule has 1 aromatic carbocycles. The zero-order chi connectivity index (χ0) is 22.0. The maximum absolute atomic E-state index is 12.8. The number of nitrogens with one attached hydrogen (secondary N) is 2. The average Bonchev–Trinajstić information content (AvgIpc) is 3.24. The zero-order valence-corrected chi connectivity index (χ0v) is 22.4. The van der Waals surface area contributed by atoms with Crippen molar-refractivity contribution in [1.29, 1.82) is 0 Å². The molecule has 1 aliphatic carbocycles. The first kappa shape index (κ1) is 27.7. The number of aliphatic imine (C=N–C) groups is 1. The topological polar surface area (TPSA) is 60.0 Å². The van der Waals surface area contributed by atoms with E-state index in [2.05, 4.69) is 60.6 Å². The van der Waals surface area contributed by atoms with Gasteiger partial charge in [-0.1, -0.05) is 51.0 Å². The fourth-order valence-electron chi connectivity index (χ4n) is 4.31. The fraction of sp³-hybridized carbons (Fsp3) is 0.667. The smallest absolute Gasteiger partial charge is 0.230 e. The summed E-state index contributed by atoms with van der Waals surface area (Å²) in [5.41, 5.74) is 2.28. The first-order chi connectivity index (χ1) is 14.5. The number of carbonyl (C=O) groups excluding carboxylic acids is 1. The lowest BCUT2D eigenvalue weighted by Crippen LogP contribution is -2.49. The van der Waals surface area contributed by atoms with E-state index in [0.29, 0.717) is 13.1 Å². The van der Waals surface area contributed by atoms with Gasteiger partial charge in [-0.05, 0) is 44.0 Å². The molecule has 1 aliphatic rings. The van der Waals surface area contributed by atoms with E-state index in [1.807, 2.05) is 14.1 Å². The molecule has 176 valence electrons. The summed E-state index contributed by atoms with van der Waals surface area (Å²) in [4.78, 5) is 21.8. The lowest BCUT2D eigenvalue weighted by atomic mass is 9.84. The van der Waals surface area contributed by atoms with Crippen LogP contribution in [0.15, 0.2) is 29.3 Å². The molecule has 0 aromatic heterocycles. The molecule has 0 bridgehead atoms. The Balaban J connectivity index is 0.00000480. The summed E-state index contributed by atoms with van der Waals surface area (Å²) < 4.78 is 0. The predicted octanol–water partition coefficient (Wildman–Crippen LogP) is 3.85. The van der Waals surface area contributed by atoms with Crippen LogP contribution >= 0.6 is 24.0 Å². The second kappa shape index (κ2) is 13.9. The van der Waals surface area contributed by atoms with Crippen molar-refractivity contribution >= 4 is 35.8 Å². The molecule has 1 aromatic rings. The van der Waals surface area contributed by atoms with Crippen molar-refractivity contribution in [3.63, 3.8) is 0 Å². The Morgan fingerprint density at radius 2 is 1.65 bits per heavy atom. The van der Waals surface area contributed by atoms with Gasteiger partial charge in [0.2, 0.25) is 5.91 Å². The molecule has 31 heavy (non-hydrogen) atoms. The molecular formula is C24H42IN5O. The molecule has 1 fully saturated rings. The fourth-order valence-corrected chi connectivity index (χ4v) is 4.31. The van der Waals surface area contributed by atoms with E-state index >= 15 is 0 Å². The summed E-state index contributed by atoms with van der Waals surface area (Å²) in [5.74, 6) is 1.01. The van der Waals surface area contributed by atoms with Gasteiger partial charge in [0, 0.05) is 33.7 Å². The lowest BCUT2D eigenvalue weighted by molar-refractivity contribution is -0.138. The Labute approximate surface area is 206 Å². The Kier molecular flexibility index (Phi) is 12.4. The Morgan fingerprint density at radius 1 is 1.03 bits per heavy atom. The molecule has 1 saturated carbocycles. The maximum Gasteiger partial charge on any atom is 0.230 e. The van der Waals surface area contributed by atoms with Crippen LogP contribution in [0.4, 0.5) is 0 Å². The predicted molar refractivity (Wildman–Crippen MR) is 141 cm³/mol. The van der Waals surface area contributed by atoms with Crippen LogP contribution in [0.2, 0.25) is 0 Å². The summed E-state index contributed by atoms with van der Waals surface area (Å²) in [6.07, 6.45) is 4.13. The second-order valence-electron chi connectivity index (χ2n) is 8.47. The molecule has 0 unspecified atom stereocenters. The van der Waals surface area contributed by atoms with Crippen LogP contribution in [0, 0.1) is 5.41 Å². The number of hydrogen-bond acceptors (Lipinski definition) is 3. The molecule has 2 N–H and O–H groups in total. The molecular weight excluding hydrogens is 501 g/mol. The Bertz CT molecular complexity index is 697. The van der Waals surface area contributed by atoms with Gasteiger partial charge in [-0.3, -0.25) is 9.69 Å². The van der Waals surface area contributed by atoms with Crippen molar-refractivity contribution in [3.8, 4) is 0 Å². The number of benzene rings is 1. The molecule has 1 amide bonds. The molecule has 0 heterocycles. The summed E-state index contributed by atoms with van der Waals surface area (Å²) >= 11 is 0. The quantitative estimate of drug-likeness (QED) is 0.268. The molecule has 6 nitrogen and oxygen atoms in total. The highest BCUT2D eigenvalue weighted by atomic mass is 127. The number of hydrogen-bond donors (Lipinski definition) is 2. The number of carbonyl (C=O) groups is 1. The molecule has 0 saturated heterocycles. The first-order valence-electron chi connectivity index (χ1n) is 11.5. The van der Waals surface area contributed by atoms with Crippen LogP contribution in [0.1, 0.15) is 57.6 Å². The zero-order valence-electron chi connectivity index (χ0n) is 20.0. The van der Waals surface area contributed by atoms with E-state index in [-0.39, 0.29) is 35.3 Å². The largest absolute Gasteiger partial charge is 0.357 e. The highest BCUT2D eigenvalue weighted by molar-refractivity contribution is 14.0. The standard InChI is InChI=1S/C24H41N5O.HI/c1-6-25-23(27-19-24(15-11-12-16-24)22(30)28(4)5)26-17-20-13-9-10-14-21(20)18-29(7-2)8-3;/h9-10,13-14H,6-8,11-12,15-19H2,1-5H3,(H2,25,26,27);1H. The van der Waals surface area contributed by atoms with Crippen LogP contribution in [0.3, 0.4) is 0 Å². The summed E-state index contributed by atoms with van der Waals surface area (Å²) in [6, 6.07) is 8.55. The van der Waals surface area contributed by atoms with E-state index in [0.717, 1.165) is 57.8 Å². The summed E-state index contributed by atoms with van der Waals surface area (Å²) in [7, 11) is 3.71. The monoisotopic (exact) mass is 543 g/mol. The second-order valence-corrected chi connectivity index (χ2v) is 8.47. The van der Waals surface area contributed by atoms with Gasteiger partial charge in [0.15, 0.2) is 5.96 Å². The van der Waals surface area contributed by atoms with E-state index < -0.39 is 0 Å². The van der Waals surface area contributed by atoms with Crippen LogP contribution in [-0.4, -0.2) is 61.9 Å². The van der Waals surface area contributed by atoms with Gasteiger partial charge in [-0.2, -0.15) is 0 Å². The third-order valence-corrected chi connectivity index (χ3v) is 6.17.